The minimum absolute atomic E-state index is 0.222. The molecule has 176 valence electrons. The molecule has 7 rings (SSSR count). The first-order valence-corrected chi connectivity index (χ1v) is 12.1. The number of ether oxygens (including phenoxy) is 1. The van der Waals surface area contributed by atoms with E-state index in [2.05, 4.69) is 38.1 Å². The molecule has 35 heavy (non-hydrogen) atoms. The van der Waals surface area contributed by atoms with Crippen molar-refractivity contribution in [1.29, 1.82) is 0 Å². The van der Waals surface area contributed by atoms with Crippen LogP contribution in [0.1, 0.15) is 60.3 Å². The highest BCUT2D eigenvalue weighted by atomic mass is 16.5. The quantitative estimate of drug-likeness (QED) is 0.404. The predicted octanol–water partition coefficient (Wildman–Crippen LogP) is 5.00. The molecule has 2 amide bonds. The number of anilines is 1. The zero-order valence-corrected chi connectivity index (χ0v) is 20.2. The summed E-state index contributed by atoms with van der Waals surface area (Å²) < 4.78 is 5.43. The summed E-state index contributed by atoms with van der Waals surface area (Å²) in [7, 11) is 0. The molecule has 1 fully saturated rings. The summed E-state index contributed by atoms with van der Waals surface area (Å²) in [5.74, 6) is -2.21. The predicted molar refractivity (Wildman–Crippen MR) is 132 cm³/mol. The molecule has 5 heteroatoms. The van der Waals surface area contributed by atoms with Crippen LogP contribution in [0.2, 0.25) is 0 Å². The van der Waals surface area contributed by atoms with Crippen LogP contribution in [-0.4, -0.2) is 23.9 Å². The third-order valence-electron chi connectivity index (χ3n) is 8.35. The molecular weight excluding hydrogens is 438 g/mol. The van der Waals surface area contributed by atoms with Gasteiger partial charge in [0, 0.05) is 10.8 Å². The van der Waals surface area contributed by atoms with Gasteiger partial charge in [-0.3, -0.25) is 9.59 Å². The SMILES string of the molecule is CC(C)OC(=O)c1ccccc1N1C(=O)[C@H]2[C@H](C1=O)C1(C)c3ccccc3C2(C)c2ccccc21. The van der Waals surface area contributed by atoms with Gasteiger partial charge in [-0.1, -0.05) is 74.5 Å². The highest BCUT2D eigenvalue weighted by Crippen LogP contribution is 2.66. The van der Waals surface area contributed by atoms with Crippen LogP contribution in [0.15, 0.2) is 72.8 Å². The first-order valence-electron chi connectivity index (χ1n) is 12.1. The molecule has 4 aliphatic rings. The second-order valence-corrected chi connectivity index (χ2v) is 10.4. The molecular formula is C30H27NO4. The number of benzene rings is 3. The third-order valence-corrected chi connectivity index (χ3v) is 8.35. The Hall–Kier alpha value is -3.73. The van der Waals surface area contributed by atoms with E-state index in [0.29, 0.717) is 5.69 Å². The maximum Gasteiger partial charge on any atom is 0.340 e. The van der Waals surface area contributed by atoms with Crippen LogP contribution in [0.5, 0.6) is 0 Å². The molecule has 0 N–H and O–H groups in total. The zero-order chi connectivity index (χ0) is 24.7. The number of para-hydroxylation sites is 1. The van der Waals surface area contributed by atoms with Gasteiger partial charge < -0.3 is 4.74 Å². The van der Waals surface area contributed by atoms with Crippen LogP contribution in [0.4, 0.5) is 5.69 Å². The summed E-state index contributed by atoms with van der Waals surface area (Å²) >= 11 is 0. The van der Waals surface area contributed by atoms with Gasteiger partial charge in [0.25, 0.3) is 0 Å². The lowest BCUT2D eigenvalue weighted by atomic mass is 9.42. The van der Waals surface area contributed by atoms with Gasteiger partial charge in [0.2, 0.25) is 11.8 Å². The van der Waals surface area contributed by atoms with Crippen molar-refractivity contribution in [2.75, 3.05) is 4.90 Å². The van der Waals surface area contributed by atoms with Crippen molar-refractivity contribution in [3.05, 3.63) is 101 Å². The van der Waals surface area contributed by atoms with Gasteiger partial charge in [0.15, 0.2) is 0 Å². The Morgan fingerprint density at radius 2 is 1.14 bits per heavy atom. The normalized spacial score (nSPS) is 28.1. The van der Waals surface area contributed by atoms with Crippen molar-refractivity contribution in [3.63, 3.8) is 0 Å². The fourth-order valence-corrected chi connectivity index (χ4v) is 6.93. The molecule has 2 bridgehead atoms. The van der Waals surface area contributed by atoms with E-state index >= 15 is 0 Å². The zero-order valence-electron chi connectivity index (χ0n) is 20.2. The summed E-state index contributed by atoms with van der Waals surface area (Å²) in [6.45, 7) is 7.73. The largest absolute Gasteiger partial charge is 0.459 e. The fourth-order valence-electron chi connectivity index (χ4n) is 6.93. The second-order valence-electron chi connectivity index (χ2n) is 10.4. The minimum atomic E-state index is -0.662. The molecule has 0 spiro atoms. The lowest BCUT2D eigenvalue weighted by molar-refractivity contribution is -0.124. The Morgan fingerprint density at radius 1 is 0.743 bits per heavy atom. The molecule has 2 atom stereocenters. The summed E-state index contributed by atoms with van der Waals surface area (Å²) in [5.41, 5.74) is 3.57. The van der Waals surface area contributed by atoms with E-state index in [0.717, 1.165) is 22.3 Å². The molecule has 0 radical (unpaired) electrons. The summed E-state index contributed by atoms with van der Waals surface area (Å²) in [5, 5.41) is 0. The highest BCUT2D eigenvalue weighted by molar-refractivity contribution is 6.25. The van der Waals surface area contributed by atoms with Crippen LogP contribution < -0.4 is 4.90 Å². The number of amides is 2. The minimum Gasteiger partial charge on any atom is -0.459 e. The molecule has 0 saturated carbocycles. The summed E-state index contributed by atoms with van der Waals surface area (Å²) in [6, 6.07) is 23.1. The Bertz CT molecular complexity index is 1300. The smallest absolute Gasteiger partial charge is 0.340 e. The van der Waals surface area contributed by atoms with E-state index < -0.39 is 28.6 Å². The average Bonchev–Trinajstić information content (AvgIpc) is 3.13. The van der Waals surface area contributed by atoms with Crippen molar-refractivity contribution in [3.8, 4) is 0 Å². The van der Waals surface area contributed by atoms with Crippen molar-refractivity contribution < 1.29 is 19.1 Å². The Kier molecular flexibility index (Phi) is 4.44. The van der Waals surface area contributed by atoms with E-state index in [1.807, 2.05) is 24.3 Å². The summed E-state index contributed by atoms with van der Waals surface area (Å²) in [4.78, 5) is 42.7. The monoisotopic (exact) mass is 465 g/mol. The fraction of sp³-hybridized carbons (Fsp3) is 0.300. The standard InChI is InChI=1S/C30H27NO4/c1-17(2)35-28(34)18-11-5-10-16-23(18)31-26(32)24-25(27(31)33)30(4)21-14-8-6-12-19(21)29(24,3)20-13-7-9-15-22(20)30/h5-17,24-25H,1-4H3/t24-,25-,29?,30?/m1/s1. The van der Waals surface area contributed by atoms with Gasteiger partial charge in [-0.15, -0.1) is 0 Å². The second kappa shape index (κ2) is 7.14. The van der Waals surface area contributed by atoms with Gasteiger partial charge >= 0.3 is 5.97 Å². The van der Waals surface area contributed by atoms with Gasteiger partial charge in [0.1, 0.15) is 0 Å². The molecule has 3 aliphatic carbocycles. The maximum atomic E-state index is 14.3. The number of esters is 1. The van der Waals surface area contributed by atoms with E-state index in [9.17, 15) is 14.4 Å². The van der Waals surface area contributed by atoms with Crippen molar-refractivity contribution in [2.24, 2.45) is 11.8 Å². The van der Waals surface area contributed by atoms with Crippen LogP contribution >= 0.6 is 0 Å². The van der Waals surface area contributed by atoms with Crippen molar-refractivity contribution >= 4 is 23.5 Å². The van der Waals surface area contributed by atoms with E-state index in [-0.39, 0.29) is 23.5 Å². The first kappa shape index (κ1) is 21.8. The van der Waals surface area contributed by atoms with Crippen molar-refractivity contribution in [2.45, 2.75) is 44.6 Å². The van der Waals surface area contributed by atoms with Gasteiger partial charge in [-0.05, 0) is 48.2 Å². The molecule has 0 unspecified atom stereocenters. The number of carbonyl (C=O) groups excluding carboxylic acids is 3. The van der Waals surface area contributed by atoms with Gasteiger partial charge in [-0.2, -0.15) is 0 Å². The number of nitrogens with zero attached hydrogens (tertiary/aromatic N) is 1. The third kappa shape index (κ3) is 2.56. The van der Waals surface area contributed by atoms with Crippen LogP contribution in [-0.2, 0) is 25.2 Å². The molecule has 5 nitrogen and oxygen atoms in total. The van der Waals surface area contributed by atoms with Crippen LogP contribution in [0.3, 0.4) is 0 Å². The average molecular weight is 466 g/mol. The number of imide groups is 1. The number of hydrogen-bond acceptors (Lipinski definition) is 4. The molecule has 3 aromatic rings. The Labute approximate surface area is 204 Å². The van der Waals surface area contributed by atoms with Crippen LogP contribution in [0, 0.1) is 11.8 Å². The molecule has 0 aromatic heterocycles. The molecule has 3 aromatic carbocycles. The lowest BCUT2D eigenvalue weighted by Gasteiger charge is -2.57. The number of hydrogen-bond donors (Lipinski definition) is 0. The topological polar surface area (TPSA) is 63.7 Å². The molecule has 1 heterocycles. The van der Waals surface area contributed by atoms with E-state index in [4.69, 9.17) is 4.74 Å². The Balaban J connectivity index is 1.58. The first-order chi connectivity index (χ1) is 16.7. The van der Waals surface area contributed by atoms with Gasteiger partial charge in [0.05, 0.1) is 29.2 Å². The number of rotatable bonds is 3. The van der Waals surface area contributed by atoms with Crippen LogP contribution in [0.25, 0.3) is 0 Å². The van der Waals surface area contributed by atoms with E-state index in [1.165, 1.54) is 4.90 Å². The summed E-state index contributed by atoms with van der Waals surface area (Å²) in [6.07, 6.45) is -0.319. The molecule has 1 aliphatic heterocycles. The molecule has 1 saturated heterocycles. The van der Waals surface area contributed by atoms with Crippen molar-refractivity contribution in [1.82, 2.24) is 0 Å². The van der Waals surface area contributed by atoms with E-state index in [1.54, 1.807) is 38.1 Å². The maximum absolute atomic E-state index is 14.3. The lowest BCUT2D eigenvalue weighted by Crippen LogP contribution is -2.59. The number of carbonyl (C=O) groups is 3. The Morgan fingerprint density at radius 3 is 1.57 bits per heavy atom. The highest BCUT2D eigenvalue weighted by Gasteiger charge is 2.70. The van der Waals surface area contributed by atoms with Gasteiger partial charge in [-0.25, -0.2) is 9.69 Å².